The van der Waals surface area contributed by atoms with Crippen LogP contribution in [0.5, 0.6) is 11.5 Å². The molecule has 8 heteroatoms. The Kier molecular flexibility index (Phi) is 3.82. The second kappa shape index (κ2) is 5.24. The molecule has 1 aromatic carbocycles. The molecule has 2 aliphatic rings. The third-order valence-electron chi connectivity index (χ3n) is 3.62. The normalized spacial score (nSPS) is 25.1. The van der Waals surface area contributed by atoms with Crippen molar-refractivity contribution < 1.29 is 14.3 Å². The van der Waals surface area contributed by atoms with Gasteiger partial charge in [-0.15, -0.1) is 0 Å². The smallest absolute Gasteiger partial charge is 0.248 e. The molecule has 1 N–H and O–H groups in total. The standard InChI is InChI=1S/C13H11Br3N2O3/c1-12(5-13(12,15)16)11(19)18-17-4-7-2-9-10(3-8(7)14)21-6-20-9/h2-4H,5-6H2,1H3,(H,18,19)/t12-/m1/s1. The van der Waals surface area contributed by atoms with Crippen molar-refractivity contribution in [3.63, 3.8) is 0 Å². The van der Waals surface area contributed by atoms with Gasteiger partial charge in [0, 0.05) is 10.0 Å². The van der Waals surface area contributed by atoms with Crippen molar-refractivity contribution in [3.05, 3.63) is 22.2 Å². The fourth-order valence-corrected chi connectivity index (χ4v) is 3.87. The van der Waals surface area contributed by atoms with Crippen molar-refractivity contribution in [2.24, 2.45) is 10.5 Å². The Balaban J connectivity index is 1.69. The number of ether oxygens (including phenoxy) is 2. The molecule has 1 aromatic rings. The average molecular weight is 483 g/mol. The van der Waals surface area contributed by atoms with Crippen molar-refractivity contribution in [1.82, 2.24) is 5.43 Å². The molecule has 1 aliphatic carbocycles. The van der Waals surface area contributed by atoms with E-state index in [1.54, 1.807) is 12.3 Å². The summed E-state index contributed by atoms with van der Waals surface area (Å²) in [5.41, 5.74) is 2.87. The fraction of sp³-hybridized carbons (Fsp3) is 0.385. The first-order chi connectivity index (χ1) is 9.83. The van der Waals surface area contributed by atoms with Crippen LogP contribution in [0, 0.1) is 5.41 Å². The van der Waals surface area contributed by atoms with Gasteiger partial charge in [0.05, 0.1) is 14.9 Å². The number of halogens is 3. The predicted octanol–water partition coefficient (Wildman–Crippen LogP) is 3.52. The molecule has 1 fully saturated rings. The van der Waals surface area contributed by atoms with E-state index in [2.05, 4.69) is 58.3 Å². The maximum atomic E-state index is 12.1. The number of rotatable bonds is 3. The lowest BCUT2D eigenvalue weighted by molar-refractivity contribution is -0.125. The second-order valence-corrected chi connectivity index (χ2v) is 9.77. The Morgan fingerprint density at radius 1 is 1.38 bits per heavy atom. The van der Waals surface area contributed by atoms with Crippen molar-refractivity contribution >= 4 is 59.9 Å². The minimum Gasteiger partial charge on any atom is -0.454 e. The highest BCUT2D eigenvalue weighted by Gasteiger charge is 2.66. The number of fused-ring (bicyclic) bond motifs is 1. The summed E-state index contributed by atoms with van der Waals surface area (Å²) in [5.74, 6) is 1.22. The number of carbonyl (C=O) groups is 1. The van der Waals surface area contributed by atoms with E-state index in [0.29, 0.717) is 11.5 Å². The summed E-state index contributed by atoms with van der Waals surface area (Å²) in [4.78, 5) is 12.1. The molecule has 0 bridgehead atoms. The maximum absolute atomic E-state index is 12.1. The molecule has 0 saturated heterocycles. The number of nitrogens with zero attached hydrogens (tertiary/aromatic N) is 1. The molecule has 1 amide bonds. The Morgan fingerprint density at radius 3 is 2.62 bits per heavy atom. The molecule has 21 heavy (non-hydrogen) atoms. The van der Waals surface area contributed by atoms with E-state index in [-0.39, 0.29) is 15.9 Å². The largest absolute Gasteiger partial charge is 0.454 e. The van der Waals surface area contributed by atoms with E-state index in [1.807, 2.05) is 13.0 Å². The van der Waals surface area contributed by atoms with Crippen molar-refractivity contribution in [2.75, 3.05) is 6.79 Å². The average Bonchev–Trinajstić information content (AvgIpc) is 2.73. The summed E-state index contributed by atoms with van der Waals surface area (Å²) in [6.45, 7) is 2.09. The van der Waals surface area contributed by atoms with Gasteiger partial charge in [-0.05, 0) is 41.4 Å². The number of hydrogen-bond acceptors (Lipinski definition) is 4. The molecular weight excluding hydrogens is 472 g/mol. The lowest BCUT2D eigenvalue weighted by atomic mass is 10.1. The Hall–Kier alpha value is -0.600. The van der Waals surface area contributed by atoms with Crippen LogP contribution in [0.3, 0.4) is 0 Å². The number of benzene rings is 1. The molecule has 3 rings (SSSR count). The Labute approximate surface area is 146 Å². The van der Waals surface area contributed by atoms with Gasteiger partial charge in [-0.3, -0.25) is 4.79 Å². The van der Waals surface area contributed by atoms with Crippen molar-refractivity contribution in [2.45, 2.75) is 16.6 Å². The summed E-state index contributed by atoms with van der Waals surface area (Å²) >= 11 is 10.3. The van der Waals surface area contributed by atoms with E-state index < -0.39 is 5.41 Å². The maximum Gasteiger partial charge on any atom is 0.248 e. The summed E-state index contributed by atoms with van der Waals surface area (Å²) < 4.78 is 11.1. The molecule has 1 atom stereocenters. The number of hydrazone groups is 1. The van der Waals surface area contributed by atoms with Crippen LogP contribution in [-0.2, 0) is 4.79 Å². The Morgan fingerprint density at radius 2 is 2.00 bits per heavy atom. The van der Waals surface area contributed by atoms with Crippen LogP contribution in [0.15, 0.2) is 21.7 Å². The van der Waals surface area contributed by atoms with Crippen LogP contribution in [-0.4, -0.2) is 22.1 Å². The van der Waals surface area contributed by atoms with Gasteiger partial charge < -0.3 is 9.47 Å². The van der Waals surface area contributed by atoms with Crippen LogP contribution in [0.25, 0.3) is 0 Å². The molecule has 112 valence electrons. The topological polar surface area (TPSA) is 59.9 Å². The van der Waals surface area contributed by atoms with Gasteiger partial charge >= 0.3 is 0 Å². The van der Waals surface area contributed by atoms with Gasteiger partial charge in [0.2, 0.25) is 12.7 Å². The summed E-state index contributed by atoms with van der Waals surface area (Å²) in [6.07, 6.45) is 2.29. The zero-order chi connectivity index (χ0) is 15.3. The van der Waals surface area contributed by atoms with E-state index in [9.17, 15) is 4.79 Å². The highest BCUT2D eigenvalue weighted by molar-refractivity contribution is 9.25. The van der Waals surface area contributed by atoms with Gasteiger partial charge in [0.1, 0.15) is 0 Å². The monoisotopic (exact) mass is 480 g/mol. The van der Waals surface area contributed by atoms with Gasteiger partial charge in [0.15, 0.2) is 11.5 Å². The summed E-state index contributed by atoms with van der Waals surface area (Å²) in [5, 5.41) is 4.01. The summed E-state index contributed by atoms with van der Waals surface area (Å²) in [7, 11) is 0. The molecular formula is C13H11Br3N2O3. The molecule has 0 radical (unpaired) electrons. The van der Waals surface area contributed by atoms with Crippen LogP contribution >= 0.6 is 47.8 Å². The lowest BCUT2D eigenvalue weighted by Crippen LogP contribution is -2.29. The first kappa shape index (κ1) is 15.3. The highest BCUT2D eigenvalue weighted by atomic mass is 79.9. The van der Waals surface area contributed by atoms with E-state index in [4.69, 9.17) is 9.47 Å². The molecule has 0 spiro atoms. The zero-order valence-corrected chi connectivity index (χ0v) is 15.7. The van der Waals surface area contributed by atoms with Gasteiger partial charge in [-0.25, -0.2) is 5.43 Å². The number of amides is 1. The zero-order valence-electron chi connectivity index (χ0n) is 11.0. The number of hydrogen-bond donors (Lipinski definition) is 1. The van der Waals surface area contributed by atoms with Crippen LogP contribution in [0.2, 0.25) is 0 Å². The minimum atomic E-state index is -0.490. The molecule has 0 unspecified atom stereocenters. The van der Waals surface area contributed by atoms with E-state index in [1.165, 1.54) is 0 Å². The van der Waals surface area contributed by atoms with Crippen LogP contribution in [0.1, 0.15) is 18.9 Å². The molecule has 1 heterocycles. The number of nitrogens with one attached hydrogen (secondary N) is 1. The van der Waals surface area contributed by atoms with E-state index >= 15 is 0 Å². The van der Waals surface area contributed by atoms with Gasteiger partial charge in [0.25, 0.3) is 0 Å². The number of carbonyl (C=O) groups excluding carboxylic acids is 1. The Bertz CT molecular complexity index is 648. The predicted molar refractivity (Wildman–Crippen MR) is 89.3 cm³/mol. The van der Waals surface area contributed by atoms with E-state index in [0.717, 1.165) is 16.5 Å². The molecule has 5 nitrogen and oxygen atoms in total. The minimum absolute atomic E-state index is 0.135. The number of alkyl halides is 2. The molecule has 1 saturated carbocycles. The lowest BCUT2D eigenvalue weighted by Gasteiger charge is -2.09. The van der Waals surface area contributed by atoms with Gasteiger partial charge in [-0.2, -0.15) is 5.10 Å². The SMILES string of the molecule is C[C@]1(C(=O)NN=Cc2cc3c(cc2Br)OCO3)CC1(Br)Br. The first-order valence-electron chi connectivity index (χ1n) is 6.14. The fourth-order valence-electron chi connectivity index (χ4n) is 1.96. The van der Waals surface area contributed by atoms with Crippen LogP contribution in [0.4, 0.5) is 0 Å². The third kappa shape index (κ3) is 2.73. The first-order valence-corrected chi connectivity index (χ1v) is 8.52. The quantitative estimate of drug-likeness (QED) is 0.407. The van der Waals surface area contributed by atoms with Crippen molar-refractivity contribution in [1.29, 1.82) is 0 Å². The molecule has 0 aromatic heterocycles. The van der Waals surface area contributed by atoms with Crippen molar-refractivity contribution in [3.8, 4) is 11.5 Å². The van der Waals surface area contributed by atoms with Gasteiger partial charge in [-0.1, -0.05) is 31.9 Å². The summed E-state index contributed by atoms with van der Waals surface area (Å²) in [6, 6.07) is 3.62. The third-order valence-corrected chi connectivity index (χ3v) is 6.62. The van der Waals surface area contributed by atoms with Crippen LogP contribution < -0.4 is 14.9 Å². The highest BCUT2D eigenvalue weighted by Crippen LogP contribution is 2.66. The second-order valence-electron chi connectivity index (χ2n) is 5.14. The molecule has 1 aliphatic heterocycles.